The van der Waals surface area contributed by atoms with Gasteiger partial charge in [0.15, 0.2) is 0 Å². The predicted molar refractivity (Wildman–Crippen MR) is 265 cm³/mol. The number of rotatable bonds is 12. The fraction of sp³-hybridized carbons (Fsp3) is 1.00. The predicted octanol–water partition coefficient (Wildman–Crippen LogP) is 21.6. The molecule has 0 bridgehead atoms. The molecular formula is C53H126. The number of hydrogen-bond donors (Lipinski definition) is 0. The second kappa shape index (κ2) is 69.9. The van der Waals surface area contributed by atoms with Crippen molar-refractivity contribution in [3.63, 3.8) is 0 Å². The normalized spacial score (nSPS) is 10.4. The molecule has 53 heavy (non-hydrogen) atoms. The monoisotopic (exact) mass is 763 g/mol. The summed E-state index contributed by atoms with van der Waals surface area (Å²) < 4.78 is 0. The Morgan fingerprint density at radius 2 is 0.321 bits per heavy atom. The molecule has 0 N–H and O–H groups in total. The summed E-state index contributed by atoms with van der Waals surface area (Å²) in [5, 5.41) is 0. The van der Waals surface area contributed by atoms with E-state index in [4.69, 9.17) is 0 Å². The first-order chi connectivity index (χ1) is 24.1. The molecule has 0 heteroatoms. The molecule has 0 aromatic heterocycles. The van der Waals surface area contributed by atoms with Crippen LogP contribution in [0.15, 0.2) is 0 Å². The van der Waals surface area contributed by atoms with Crippen molar-refractivity contribution in [1.29, 1.82) is 0 Å². The molecule has 0 saturated heterocycles. The van der Waals surface area contributed by atoms with Crippen LogP contribution in [-0.2, 0) is 0 Å². The van der Waals surface area contributed by atoms with E-state index in [1.807, 2.05) is 0 Å². The van der Waals surface area contributed by atoms with E-state index in [9.17, 15) is 0 Å². The summed E-state index contributed by atoms with van der Waals surface area (Å²) in [4.78, 5) is 0. The van der Waals surface area contributed by atoms with Gasteiger partial charge in [0, 0.05) is 0 Å². The SMILES string of the molecule is CCC.CCC(C)C.CCC(C)C.CCC(C)C.CCC(C)C.CCC(C)C.CCC(C)C.CCC(C)C.CCC(C)C.CCC(CC(C)C)C(C)C. The van der Waals surface area contributed by atoms with Gasteiger partial charge in [0.2, 0.25) is 0 Å². The van der Waals surface area contributed by atoms with Crippen LogP contribution in [0.4, 0.5) is 0 Å². The molecule has 0 aliphatic rings. The van der Waals surface area contributed by atoms with E-state index in [1.165, 1.54) is 70.6 Å². The molecule has 1 atom stereocenters. The summed E-state index contributed by atoms with van der Waals surface area (Å²) in [5.41, 5.74) is 0. The zero-order valence-corrected chi connectivity index (χ0v) is 45.1. The molecular weight excluding hydrogens is 637 g/mol. The fourth-order valence-corrected chi connectivity index (χ4v) is 1.52. The zero-order chi connectivity index (χ0) is 45.1. The molecule has 0 aromatic rings. The summed E-state index contributed by atoms with van der Waals surface area (Å²) in [7, 11) is 0. The van der Waals surface area contributed by atoms with Crippen LogP contribution in [-0.4, -0.2) is 0 Å². The van der Waals surface area contributed by atoms with Crippen LogP contribution in [0, 0.1) is 65.1 Å². The first-order valence-electron chi connectivity index (χ1n) is 24.1. The van der Waals surface area contributed by atoms with Gasteiger partial charge < -0.3 is 0 Å². The lowest BCUT2D eigenvalue weighted by Gasteiger charge is -2.20. The van der Waals surface area contributed by atoms with Gasteiger partial charge in [0.25, 0.3) is 0 Å². The minimum absolute atomic E-state index is 0.868. The van der Waals surface area contributed by atoms with E-state index in [-0.39, 0.29) is 0 Å². The molecule has 0 nitrogen and oxygen atoms in total. The van der Waals surface area contributed by atoms with Crippen molar-refractivity contribution in [2.45, 2.75) is 285 Å². The fourth-order valence-electron chi connectivity index (χ4n) is 1.52. The van der Waals surface area contributed by atoms with Crippen LogP contribution in [0.5, 0.6) is 0 Å². The first kappa shape index (κ1) is 77.5. The zero-order valence-electron chi connectivity index (χ0n) is 45.1. The second-order valence-corrected chi connectivity index (χ2v) is 19.2. The highest BCUT2D eigenvalue weighted by Crippen LogP contribution is 2.22. The van der Waals surface area contributed by atoms with Crippen molar-refractivity contribution in [1.82, 2.24) is 0 Å². The topological polar surface area (TPSA) is 0 Å². The highest BCUT2D eigenvalue weighted by Gasteiger charge is 2.11. The van der Waals surface area contributed by atoms with Crippen molar-refractivity contribution in [3.8, 4) is 0 Å². The maximum Gasteiger partial charge on any atom is -0.0391 e. The lowest BCUT2D eigenvalue weighted by Crippen LogP contribution is -2.10. The smallest absolute Gasteiger partial charge is 0.0391 e. The van der Waals surface area contributed by atoms with Crippen molar-refractivity contribution in [3.05, 3.63) is 0 Å². The van der Waals surface area contributed by atoms with Gasteiger partial charge >= 0.3 is 0 Å². The van der Waals surface area contributed by atoms with Crippen molar-refractivity contribution < 1.29 is 0 Å². The Hall–Kier alpha value is 0. The van der Waals surface area contributed by atoms with Crippen LogP contribution in [0.1, 0.15) is 285 Å². The third-order valence-corrected chi connectivity index (χ3v) is 8.77. The Kier molecular flexibility index (Phi) is 102. The molecule has 0 rings (SSSR count). The van der Waals surface area contributed by atoms with Crippen LogP contribution in [0.2, 0.25) is 0 Å². The second-order valence-electron chi connectivity index (χ2n) is 19.2. The van der Waals surface area contributed by atoms with Crippen LogP contribution in [0.25, 0.3) is 0 Å². The van der Waals surface area contributed by atoms with Crippen molar-refractivity contribution in [2.75, 3.05) is 0 Å². The van der Waals surface area contributed by atoms with Gasteiger partial charge in [-0.2, -0.15) is 0 Å². The largest absolute Gasteiger partial charge is 0.0656 e. The van der Waals surface area contributed by atoms with E-state index in [0.29, 0.717) is 0 Å². The lowest BCUT2D eigenvalue weighted by molar-refractivity contribution is 0.308. The van der Waals surface area contributed by atoms with Gasteiger partial charge in [0.05, 0.1) is 0 Å². The summed E-state index contributed by atoms with van der Waals surface area (Å²) in [5.74, 6) is 9.75. The Morgan fingerprint density at radius 3 is 0.340 bits per heavy atom. The van der Waals surface area contributed by atoms with Gasteiger partial charge in [-0.3, -0.25) is 0 Å². The van der Waals surface area contributed by atoms with Crippen LogP contribution >= 0.6 is 0 Å². The Labute approximate surface area is 349 Å². The molecule has 0 amide bonds. The van der Waals surface area contributed by atoms with Gasteiger partial charge in [-0.25, -0.2) is 0 Å². The average molecular weight is 764 g/mol. The standard InChI is InChI=1S/C10H22.8C5H12.C3H8/c1-6-10(9(4)5)7-8(2)3;8*1-4-5(2)3;1-3-2/h8-10H,6-7H2,1-5H3;8*5H,4H2,1-3H3;3H2,1-2H3. The van der Waals surface area contributed by atoms with Gasteiger partial charge in [-0.15, -0.1) is 0 Å². The summed E-state index contributed by atoms with van der Waals surface area (Å²) in [6.07, 6.45) is 14.4. The Balaban J connectivity index is -0.0000000492. The van der Waals surface area contributed by atoms with E-state index in [0.717, 1.165) is 65.1 Å². The molecule has 0 aliphatic heterocycles. The lowest BCUT2D eigenvalue weighted by atomic mass is 9.86. The number of hydrogen-bond acceptors (Lipinski definition) is 0. The maximum absolute atomic E-state index is 2.33. The molecule has 0 aliphatic carbocycles. The van der Waals surface area contributed by atoms with E-state index in [2.05, 4.69) is 215 Å². The molecule has 0 saturated carbocycles. The Bertz CT molecular complexity index is 364. The van der Waals surface area contributed by atoms with E-state index < -0.39 is 0 Å². The molecule has 0 fully saturated rings. The summed E-state index contributed by atoms with van der Waals surface area (Å²) >= 11 is 0. The van der Waals surface area contributed by atoms with Gasteiger partial charge in [-0.05, 0) is 71.5 Å². The van der Waals surface area contributed by atoms with Crippen LogP contribution in [0.3, 0.4) is 0 Å². The summed E-state index contributed by atoms with van der Waals surface area (Å²) in [6, 6.07) is 0. The first-order valence-corrected chi connectivity index (χ1v) is 24.1. The average Bonchev–Trinajstić information content (AvgIpc) is 3.09. The molecule has 0 radical (unpaired) electrons. The van der Waals surface area contributed by atoms with E-state index >= 15 is 0 Å². The van der Waals surface area contributed by atoms with Crippen LogP contribution < -0.4 is 0 Å². The van der Waals surface area contributed by atoms with Gasteiger partial charge in [0.1, 0.15) is 0 Å². The molecule has 0 heterocycles. The quantitative estimate of drug-likeness (QED) is 0.186. The minimum atomic E-state index is 0.868. The highest BCUT2D eigenvalue weighted by molar-refractivity contribution is 4.62. The highest BCUT2D eigenvalue weighted by atomic mass is 14.2. The molecule has 338 valence electrons. The van der Waals surface area contributed by atoms with Crippen molar-refractivity contribution in [2.24, 2.45) is 65.1 Å². The Morgan fingerprint density at radius 1 is 0.208 bits per heavy atom. The molecule has 0 spiro atoms. The van der Waals surface area contributed by atoms with Gasteiger partial charge in [-0.1, -0.05) is 279 Å². The van der Waals surface area contributed by atoms with E-state index in [1.54, 1.807) is 0 Å². The third kappa shape index (κ3) is 192. The maximum atomic E-state index is 2.33. The molecule has 0 aromatic carbocycles. The molecule has 1 unspecified atom stereocenters. The minimum Gasteiger partial charge on any atom is -0.0656 e. The third-order valence-electron chi connectivity index (χ3n) is 8.77. The van der Waals surface area contributed by atoms with Crippen molar-refractivity contribution >= 4 is 0 Å². The summed E-state index contributed by atoms with van der Waals surface area (Å²) in [6.45, 7) is 69.0.